The van der Waals surface area contributed by atoms with E-state index in [9.17, 15) is 21.6 Å². The van der Waals surface area contributed by atoms with Gasteiger partial charge in [0, 0.05) is 39.0 Å². The molecule has 160 valence electrons. The lowest BCUT2D eigenvalue weighted by atomic mass is 10.2. The first-order valence-corrected chi connectivity index (χ1v) is 11.1. The molecular weight excluding hydrogens is 421 g/mol. The van der Waals surface area contributed by atoms with Crippen LogP contribution in [0, 0.1) is 0 Å². The van der Waals surface area contributed by atoms with Gasteiger partial charge in [0.25, 0.3) is 5.82 Å². The minimum atomic E-state index is -4.63. The molecule has 3 aromatic rings. The number of piperazine rings is 1. The Morgan fingerprint density at radius 1 is 1.03 bits per heavy atom. The van der Waals surface area contributed by atoms with Gasteiger partial charge in [0.1, 0.15) is 5.82 Å². The molecule has 0 radical (unpaired) electrons. The highest BCUT2D eigenvalue weighted by Gasteiger charge is 2.37. The molecule has 12 heteroatoms. The van der Waals surface area contributed by atoms with Gasteiger partial charge in [-0.2, -0.15) is 17.7 Å². The predicted octanol–water partition coefficient (Wildman–Crippen LogP) is 1.87. The summed E-state index contributed by atoms with van der Waals surface area (Å²) in [5.41, 5.74) is 0.931. The molecule has 1 aromatic carbocycles. The van der Waals surface area contributed by atoms with Crippen molar-refractivity contribution in [1.82, 2.24) is 24.7 Å². The van der Waals surface area contributed by atoms with Gasteiger partial charge in [-0.1, -0.05) is 12.1 Å². The summed E-state index contributed by atoms with van der Waals surface area (Å²) in [7, 11) is -3.27. The Balaban J connectivity index is 1.45. The van der Waals surface area contributed by atoms with E-state index in [4.69, 9.17) is 0 Å². The monoisotopic (exact) mass is 440 g/mol. The lowest BCUT2D eigenvalue weighted by Crippen LogP contribution is -2.46. The fourth-order valence-corrected chi connectivity index (χ4v) is 4.08. The van der Waals surface area contributed by atoms with E-state index < -0.39 is 21.8 Å². The van der Waals surface area contributed by atoms with E-state index in [1.54, 1.807) is 24.3 Å². The molecular formula is C18H19F3N6O2S. The summed E-state index contributed by atoms with van der Waals surface area (Å²) in [5, 5.41) is 10.8. The molecule has 0 unspecified atom stereocenters. The van der Waals surface area contributed by atoms with Crippen LogP contribution in [0.15, 0.2) is 41.3 Å². The molecule has 1 aliphatic rings. The maximum atomic E-state index is 13.1. The lowest BCUT2D eigenvalue weighted by molar-refractivity contribution is -0.146. The van der Waals surface area contributed by atoms with E-state index in [-0.39, 0.29) is 10.5 Å². The van der Waals surface area contributed by atoms with Crippen LogP contribution in [0.4, 0.5) is 19.0 Å². The number of hydrogen-bond acceptors (Lipinski definition) is 7. The molecule has 0 atom stereocenters. The van der Waals surface area contributed by atoms with Crippen LogP contribution in [0.3, 0.4) is 0 Å². The Bertz CT molecular complexity index is 1170. The number of sulfone groups is 1. The lowest BCUT2D eigenvalue weighted by Gasteiger charge is -2.35. The zero-order chi connectivity index (χ0) is 21.5. The predicted molar refractivity (Wildman–Crippen MR) is 103 cm³/mol. The fourth-order valence-electron chi connectivity index (χ4n) is 3.39. The van der Waals surface area contributed by atoms with Gasteiger partial charge in [0.05, 0.1) is 4.90 Å². The van der Waals surface area contributed by atoms with Gasteiger partial charge in [-0.05, 0) is 29.8 Å². The molecule has 1 aliphatic heterocycles. The van der Waals surface area contributed by atoms with Gasteiger partial charge < -0.3 is 4.90 Å². The molecule has 0 aliphatic carbocycles. The molecule has 30 heavy (non-hydrogen) atoms. The van der Waals surface area contributed by atoms with Gasteiger partial charge in [0.2, 0.25) is 0 Å². The Kier molecular flexibility index (Phi) is 5.14. The number of hydrogen-bond donors (Lipinski definition) is 0. The van der Waals surface area contributed by atoms with Crippen molar-refractivity contribution >= 4 is 21.3 Å². The molecule has 0 N–H and O–H groups in total. The number of nitrogens with zero attached hydrogens (tertiary/aromatic N) is 6. The van der Waals surface area contributed by atoms with Gasteiger partial charge in [-0.3, -0.25) is 4.90 Å². The quantitative estimate of drug-likeness (QED) is 0.612. The van der Waals surface area contributed by atoms with Gasteiger partial charge in [0.15, 0.2) is 15.5 Å². The number of rotatable bonds is 4. The van der Waals surface area contributed by atoms with E-state index in [2.05, 4.69) is 20.2 Å². The van der Waals surface area contributed by atoms with Gasteiger partial charge in [-0.25, -0.2) is 8.42 Å². The standard InChI is InChI=1S/C18H19F3N6O2S/c1-30(28,29)14-4-2-3-13(11-14)12-25-7-9-26(10-8-25)16-6-5-15-22-23-17(18(19,20)21)27(15)24-16/h2-6,11H,7-10,12H2,1H3. The number of fused-ring (bicyclic) bond motifs is 1. The second-order valence-corrected chi connectivity index (χ2v) is 9.18. The number of aromatic nitrogens is 4. The maximum absolute atomic E-state index is 13.1. The van der Waals surface area contributed by atoms with E-state index in [0.29, 0.717) is 38.5 Å². The minimum Gasteiger partial charge on any atom is -0.353 e. The molecule has 4 rings (SSSR count). The zero-order valence-electron chi connectivity index (χ0n) is 16.0. The summed E-state index contributed by atoms with van der Waals surface area (Å²) in [6.07, 6.45) is -3.46. The highest BCUT2D eigenvalue weighted by atomic mass is 32.2. The summed E-state index contributed by atoms with van der Waals surface area (Å²) in [6, 6.07) is 9.93. The van der Waals surface area contributed by atoms with E-state index >= 15 is 0 Å². The van der Waals surface area contributed by atoms with Crippen LogP contribution in [-0.2, 0) is 22.6 Å². The largest absolute Gasteiger partial charge is 0.453 e. The van der Waals surface area contributed by atoms with Crippen LogP contribution in [0.2, 0.25) is 0 Å². The molecule has 3 heterocycles. The average Bonchev–Trinajstić information content (AvgIpc) is 3.12. The first kappa shape index (κ1) is 20.5. The molecule has 0 saturated carbocycles. The molecule has 0 amide bonds. The van der Waals surface area contributed by atoms with E-state index in [1.165, 1.54) is 12.3 Å². The molecule has 8 nitrogen and oxygen atoms in total. The van der Waals surface area contributed by atoms with Crippen molar-refractivity contribution < 1.29 is 21.6 Å². The normalized spacial score (nSPS) is 16.3. The maximum Gasteiger partial charge on any atom is 0.453 e. The van der Waals surface area contributed by atoms with Crippen molar-refractivity contribution in [2.75, 3.05) is 37.3 Å². The van der Waals surface area contributed by atoms with Crippen molar-refractivity contribution in [3.8, 4) is 0 Å². The second kappa shape index (κ2) is 7.51. The smallest absolute Gasteiger partial charge is 0.353 e. The van der Waals surface area contributed by atoms with Crippen molar-refractivity contribution in [1.29, 1.82) is 0 Å². The van der Waals surface area contributed by atoms with Crippen molar-refractivity contribution in [3.63, 3.8) is 0 Å². The number of alkyl halides is 3. The van der Waals surface area contributed by atoms with Crippen molar-refractivity contribution in [2.45, 2.75) is 17.6 Å². The summed E-state index contributed by atoms with van der Waals surface area (Å²) < 4.78 is 63.4. The first-order chi connectivity index (χ1) is 14.1. The third kappa shape index (κ3) is 4.24. The highest BCUT2D eigenvalue weighted by Crippen LogP contribution is 2.28. The van der Waals surface area contributed by atoms with Crippen LogP contribution in [0.5, 0.6) is 0 Å². The van der Waals surface area contributed by atoms with Crippen molar-refractivity contribution in [2.24, 2.45) is 0 Å². The average molecular weight is 440 g/mol. The Morgan fingerprint density at radius 3 is 2.43 bits per heavy atom. The van der Waals surface area contributed by atoms with Gasteiger partial charge in [-0.15, -0.1) is 15.3 Å². The topological polar surface area (TPSA) is 83.7 Å². The van der Waals surface area contributed by atoms with Crippen LogP contribution in [0.1, 0.15) is 11.4 Å². The SMILES string of the molecule is CS(=O)(=O)c1cccc(CN2CCN(c3ccc4nnc(C(F)(F)F)n4n3)CC2)c1. The Hall–Kier alpha value is -2.73. The Morgan fingerprint density at radius 2 is 1.77 bits per heavy atom. The summed E-state index contributed by atoms with van der Waals surface area (Å²) in [4.78, 5) is 4.35. The fraction of sp³-hybridized carbons (Fsp3) is 0.389. The molecule has 2 aromatic heterocycles. The van der Waals surface area contributed by atoms with Crippen LogP contribution >= 0.6 is 0 Å². The summed E-state index contributed by atoms with van der Waals surface area (Å²) in [6.45, 7) is 3.07. The van der Waals surface area contributed by atoms with Crippen LogP contribution < -0.4 is 4.90 Å². The highest BCUT2D eigenvalue weighted by molar-refractivity contribution is 7.90. The van der Waals surface area contributed by atoms with Gasteiger partial charge >= 0.3 is 6.18 Å². The molecule has 1 saturated heterocycles. The summed E-state index contributed by atoms with van der Waals surface area (Å²) in [5.74, 6) is -0.727. The number of anilines is 1. The molecule has 0 spiro atoms. The van der Waals surface area contributed by atoms with E-state index in [1.807, 2.05) is 11.0 Å². The molecule has 1 fully saturated rings. The second-order valence-electron chi connectivity index (χ2n) is 7.17. The third-order valence-corrected chi connectivity index (χ3v) is 6.04. The number of halogens is 3. The Labute approximate surface area is 170 Å². The summed E-state index contributed by atoms with van der Waals surface area (Å²) >= 11 is 0. The number of benzene rings is 1. The minimum absolute atomic E-state index is 0.0375. The molecule has 0 bridgehead atoms. The van der Waals surface area contributed by atoms with Crippen molar-refractivity contribution in [3.05, 3.63) is 47.8 Å². The van der Waals surface area contributed by atoms with Crippen LogP contribution in [-0.4, -0.2) is 65.6 Å². The zero-order valence-corrected chi connectivity index (χ0v) is 16.9. The first-order valence-electron chi connectivity index (χ1n) is 9.17. The third-order valence-electron chi connectivity index (χ3n) is 4.93. The van der Waals surface area contributed by atoms with E-state index in [0.717, 1.165) is 10.1 Å². The van der Waals surface area contributed by atoms with Crippen LogP contribution in [0.25, 0.3) is 5.65 Å².